The summed E-state index contributed by atoms with van der Waals surface area (Å²) in [5.41, 5.74) is 1.04. The summed E-state index contributed by atoms with van der Waals surface area (Å²) in [6.45, 7) is 1.86. The third kappa shape index (κ3) is 5.44. The van der Waals surface area contributed by atoms with Crippen molar-refractivity contribution in [3.05, 3.63) is 23.8 Å². The minimum absolute atomic E-state index is 0. The molecule has 1 unspecified atom stereocenters. The van der Waals surface area contributed by atoms with E-state index in [0.29, 0.717) is 12.8 Å². The molecule has 0 bridgehead atoms. The number of halogens is 1. The Morgan fingerprint density at radius 2 is 1.95 bits per heavy atom. The van der Waals surface area contributed by atoms with Gasteiger partial charge in [-0.1, -0.05) is 0 Å². The first-order chi connectivity index (χ1) is 9.71. The molecule has 1 aromatic carbocycles. The van der Waals surface area contributed by atoms with Gasteiger partial charge in [0, 0.05) is 25.1 Å². The number of carbonyl (C=O) groups is 1. The van der Waals surface area contributed by atoms with E-state index in [4.69, 9.17) is 9.47 Å². The Labute approximate surface area is 131 Å². The number of aryl methyl sites for hydroxylation is 1. The molecule has 1 aliphatic heterocycles. The maximum atomic E-state index is 11.9. The molecule has 1 aromatic rings. The molecule has 2 N–H and O–H groups in total. The van der Waals surface area contributed by atoms with Crippen LogP contribution in [0.25, 0.3) is 0 Å². The lowest BCUT2D eigenvalue weighted by atomic mass is 10.1. The van der Waals surface area contributed by atoms with Gasteiger partial charge in [0.1, 0.15) is 11.5 Å². The number of methoxy groups -OCH3 is 2. The number of ether oxygens (including phenoxy) is 2. The van der Waals surface area contributed by atoms with E-state index >= 15 is 0 Å². The minimum atomic E-state index is 0. The third-order valence-electron chi connectivity index (χ3n) is 3.48. The lowest BCUT2D eigenvalue weighted by molar-refractivity contribution is -0.121. The van der Waals surface area contributed by atoms with Crippen molar-refractivity contribution in [1.82, 2.24) is 10.6 Å². The molecule has 0 radical (unpaired) electrons. The Bertz CT molecular complexity index is 440. The van der Waals surface area contributed by atoms with Crippen molar-refractivity contribution in [3.8, 4) is 11.5 Å². The Kier molecular flexibility index (Phi) is 7.32. The molecular formula is C15H23ClN2O3. The summed E-state index contributed by atoms with van der Waals surface area (Å²) in [7, 11) is 3.25. The van der Waals surface area contributed by atoms with Gasteiger partial charge in [-0.25, -0.2) is 0 Å². The van der Waals surface area contributed by atoms with Crippen LogP contribution in [-0.4, -0.2) is 39.3 Å². The van der Waals surface area contributed by atoms with E-state index in [1.165, 1.54) is 0 Å². The Morgan fingerprint density at radius 3 is 2.48 bits per heavy atom. The van der Waals surface area contributed by atoms with Crippen molar-refractivity contribution in [1.29, 1.82) is 0 Å². The van der Waals surface area contributed by atoms with E-state index in [1.54, 1.807) is 14.2 Å². The summed E-state index contributed by atoms with van der Waals surface area (Å²) in [5, 5.41) is 6.28. The number of nitrogens with one attached hydrogen (secondary N) is 2. The quantitative estimate of drug-likeness (QED) is 0.836. The molecule has 1 atom stereocenters. The molecule has 1 heterocycles. The molecule has 0 saturated carbocycles. The summed E-state index contributed by atoms with van der Waals surface area (Å²) >= 11 is 0. The fourth-order valence-corrected chi connectivity index (χ4v) is 2.35. The van der Waals surface area contributed by atoms with Crippen LogP contribution >= 0.6 is 12.4 Å². The van der Waals surface area contributed by atoms with E-state index in [-0.39, 0.29) is 24.4 Å². The molecule has 0 spiro atoms. The van der Waals surface area contributed by atoms with Crippen LogP contribution in [0.3, 0.4) is 0 Å². The van der Waals surface area contributed by atoms with Crippen molar-refractivity contribution in [2.45, 2.75) is 25.3 Å². The maximum absolute atomic E-state index is 11.9. The molecule has 21 heavy (non-hydrogen) atoms. The lowest BCUT2D eigenvalue weighted by Gasteiger charge is -2.12. The highest BCUT2D eigenvalue weighted by molar-refractivity contribution is 5.85. The molecule has 5 nitrogen and oxygen atoms in total. The first-order valence-electron chi connectivity index (χ1n) is 6.93. The zero-order valence-corrected chi connectivity index (χ0v) is 13.3. The monoisotopic (exact) mass is 314 g/mol. The van der Waals surface area contributed by atoms with Gasteiger partial charge >= 0.3 is 0 Å². The number of carbonyl (C=O) groups excluding carboxylic acids is 1. The second-order valence-corrected chi connectivity index (χ2v) is 4.98. The van der Waals surface area contributed by atoms with Crippen molar-refractivity contribution in [2.24, 2.45) is 0 Å². The highest BCUT2D eigenvalue weighted by atomic mass is 35.5. The van der Waals surface area contributed by atoms with Gasteiger partial charge in [-0.05, 0) is 37.1 Å². The smallest absolute Gasteiger partial charge is 0.220 e. The standard InChI is InChI=1S/C15H22N2O3.ClH/c1-19-13-7-11(8-14(9-13)20-2)3-4-15(18)17-12-5-6-16-10-12;/h7-9,12,16H,3-6,10H2,1-2H3,(H,17,18);1H. The van der Waals surface area contributed by atoms with Crippen molar-refractivity contribution in [3.63, 3.8) is 0 Å². The molecule has 1 fully saturated rings. The van der Waals surface area contributed by atoms with Gasteiger partial charge < -0.3 is 20.1 Å². The Balaban J connectivity index is 0.00000220. The van der Waals surface area contributed by atoms with Crippen LogP contribution in [0.5, 0.6) is 11.5 Å². The summed E-state index contributed by atoms with van der Waals surface area (Å²) in [6, 6.07) is 5.98. The maximum Gasteiger partial charge on any atom is 0.220 e. The average Bonchev–Trinajstić information content (AvgIpc) is 2.97. The third-order valence-corrected chi connectivity index (χ3v) is 3.48. The number of rotatable bonds is 6. The highest BCUT2D eigenvalue weighted by Crippen LogP contribution is 2.23. The van der Waals surface area contributed by atoms with Crippen LogP contribution in [0.15, 0.2) is 18.2 Å². The van der Waals surface area contributed by atoms with Gasteiger partial charge in [-0.3, -0.25) is 4.79 Å². The highest BCUT2D eigenvalue weighted by Gasteiger charge is 2.16. The predicted octanol–water partition coefficient (Wildman–Crippen LogP) is 1.54. The predicted molar refractivity (Wildman–Crippen MR) is 84.5 cm³/mol. The van der Waals surface area contributed by atoms with Gasteiger partial charge in [0.15, 0.2) is 0 Å². The SMILES string of the molecule is COc1cc(CCC(=O)NC2CCNC2)cc(OC)c1.Cl. The molecule has 1 saturated heterocycles. The van der Waals surface area contributed by atoms with E-state index in [2.05, 4.69) is 10.6 Å². The summed E-state index contributed by atoms with van der Waals surface area (Å²) < 4.78 is 10.4. The fraction of sp³-hybridized carbons (Fsp3) is 0.533. The molecule has 118 valence electrons. The van der Waals surface area contributed by atoms with E-state index in [9.17, 15) is 4.79 Å². The van der Waals surface area contributed by atoms with Crippen LogP contribution in [-0.2, 0) is 11.2 Å². The van der Waals surface area contributed by atoms with Crippen LogP contribution < -0.4 is 20.1 Å². The number of hydrogen-bond acceptors (Lipinski definition) is 4. The fourth-order valence-electron chi connectivity index (χ4n) is 2.35. The summed E-state index contributed by atoms with van der Waals surface area (Å²) in [4.78, 5) is 11.9. The topological polar surface area (TPSA) is 59.6 Å². The second kappa shape index (κ2) is 8.74. The van der Waals surface area contributed by atoms with E-state index in [0.717, 1.165) is 36.6 Å². The molecule has 1 aliphatic rings. The normalized spacial score (nSPS) is 17.0. The first kappa shape index (κ1) is 17.6. The molecule has 1 amide bonds. The van der Waals surface area contributed by atoms with Crippen LogP contribution in [0, 0.1) is 0 Å². The first-order valence-corrected chi connectivity index (χ1v) is 6.93. The Morgan fingerprint density at radius 1 is 1.29 bits per heavy atom. The largest absolute Gasteiger partial charge is 0.497 e. The molecular weight excluding hydrogens is 292 g/mol. The average molecular weight is 315 g/mol. The second-order valence-electron chi connectivity index (χ2n) is 4.98. The van der Waals surface area contributed by atoms with Crippen LogP contribution in [0.2, 0.25) is 0 Å². The lowest BCUT2D eigenvalue weighted by Crippen LogP contribution is -2.36. The van der Waals surface area contributed by atoms with Gasteiger partial charge in [-0.2, -0.15) is 0 Å². The van der Waals surface area contributed by atoms with E-state index < -0.39 is 0 Å². The van der Waals surface area contributed by atoms with Crippen molar-refractivity contribution in [2.75, 3.05) is 27.3 Å². The zero-order valence-electron chi connectivity index (χ0n) is 12.5. The molecule has 2 rings (SSSR count). The Hall–Kier alpha value is -1.46. The summed E-state index contributed by atoms with van der Waals surface area (Å²) in [6.07, 6.45) is 2.17. The van der Waals surface area contributed by atoms with Gasteiger partial charge in [-0.15, -0.1) is 12.4 Å². The number of benzene rings is 1. The molecule has 6 heteroatoms. The zero-order chi connectivity index (χ0) is 14.4. The van der Waals surface area contributed by atoms with Crippen molar-refractivity contribution < 1.29 is 14.3 Å². The van der Waals surface area contributed by atoms with Crippen molar-refractivity contribution >= 4 is 18.3 Å². The summed E-state index contributed by atoms with van der Waals surface area (Å²) in [5.74, 6) is 1.60. The number of amides is 1. The minimum Gasteiger partial charge on any atom is -0.497 e. The number of hydrogen-bond donors (Lipinski definition) is 2. The molecule has 0 aliphatic carbocycles. The van der Waals surface area contributed by atoms with E-state index in [1.807, 2.05) is 18.2 Å². The molecule has 0 aromatic heterocycles. The van der Waals surface area contributed by atoms with Gasteiger partial charge in [0.2, 0.25) is 5.91 Å². The van der Waals surface area contributed by atoms with Gasteiger partial charge in [0.25, 0.3) is 0 Å². The van der Waals surface area contributed by atoms with Crippen LogP contribution in [0.4, 0.5) is 0 Å². The van der Waals surface area contributed by atoms with Crippen LogP contribution in [0.1, 0.15) is 18.4 Å². The van der Waals surface area contributed by atoms with Gasteiger partial charge in [0.05, 0.1) is 14.2 Å².